The minimum atomic E-state index is -3.27. The SMILES string of the molecule is CC(C)CN(CCS(C)(=O)=O)C(=O)OCc1ccc(OC2OC(C(=O)O)C(O)C(O)C2O)c(CNC(C)C)c1. The fourth-order valence-electron chi connectivity index (χ4n) is 3.77. The van der Waals surface area contributed by atoms with E-state index in [0.717, 1.165) is 6.26 Å². The number of benzene rings is 1. The molecule has 1 aliphatic rings. The van der Waals surface area contributed by atoms with E-state index in [1.54, 1.807) is 12.1 Å². The summed E-state index contributed by atoms with van der Waals surface area (Å²) < 4.78 is 39.6. The number of aliphatic hydroxyl groups is 3. The number of nitrogens with zero attached hydrogens (tertiary/aromatic N) is 1. The maximum Gasteiger partial charge on any atom is 0.410 e. The average molecular weight is 577 g/mol. The first-order chi connectivity index (χ1) is 18.1. The minimum absolute atomic E-state index is 0.00772. The Hall–Kier alpha value is -2.49. The molecule has 2 rings (SSSR count). The summed E-state index contributed by atoms with van der Waals surface area (Å²) in [5.41, 5.74) is 1.16. The zero-order chi connectivity index (χ0) is 29.5. The number of carbonyl (C=O) groups is 2. The number of carboxylic acid groups (broad SMARTS) is 1. The molecule has 1 amide bonds. The number of carboxylic acids is 1. The molecule has 0 aliphatic carbocycles. The van der Waals surface area contributed by atoms with Gasteiger partial charge in [0.25, 0.3) is 0 Å². The lowest BCUT2D eigenvalue weighted by Crippen LogP contribution is -2.61. The van der Waals surface area contributed by atoms with Crippen LogP contribution < -0.4 is 10.1 Å². The molecule has 0 aromatic heterocycles. The lowest BCUT2D eigenvalue weighted by atomic mass is 9.99. The molecule has 1 aliphatic heterocycles. The van der Waals surface area contributed by atoms with Gasteiger partial charge in [-0.2, -0.15) is 0 Å². The largest absolute Gasteiger partial charge is 0.479 e. The number of sulfone groups is 1. The lowest BCUT2D eigenvalue weighted by Gasteiger charge is -2.38. The van der Waals surface area contributed by atoms with Crippen molar-refractivity contribution >= 4 is 21.9 Å². The van der Waals surface area contributed by atoms with Gasteiger partial charge in [-0.05, 0) is 23.6 Å². The molecule has 5 N–H and O–H groups in total. The smallest absolute Gasteiger partial charge is 0.410 e. The number of ether oxygens (including phenoxy) is 3. The van der Waals surface area contributed by atoms with E-state index in [1.165, 1.54) is 11.0 Å². The second-order valence-electron chi connectivity index (χ2n) is 10.4. The molecule has 1 aromatic carbocycles. The van der Waals surface area contributed by atoms with Crippen molar-refractivity contribution in [3.05, 3.63) is 29.3 Å². The maximum atomic E-state index is 12.7. The second kappa shape index (κ2) is 14.2. The van der Waals surface area contributed by atoms with E-state index >= 15 is 0 Å². The normalized spacial score (nSPS) is 23.6. The average Bonchev–Trinajstić information content (AvgIpc) is 2.83. The van der Waals surface area contributed by atoms with Crippen LogP contribution in [-0.4, -0.2) is 108 Å². The van der Waals surface area contributed by atoms with E-state index in [2.05, 4.69) is 5.32 Å². The highest BCUT2D eigenvalue weighted by molar-refractivity contribution is 7.90. The molecule has 39 heavy (non-hydrogen) atoms. The van der Waals surface area contributed by atoms with Crippen molar-refractivity contribution in [3.8, 4) is 5.75 Å². The molecule has 1 fully saturated rings. The Morgan fingerprint density at radius 1 is 1.10 bits per heavy atom. The van der Waals surface area contributed by atoms with Crippen molar-refractivity contribution in [3.63, 3.8) is 0 Å². The molecular weight excluding hydrogens is 536 g/mol. The quantitative estimate of drug-likeness (QED) is 0.213. The summed E-state index contributed by atoms with van der Waals surface area (Å²) in [6.07, 6.45) is -8.31. The van der Waals surface area contributed by atoms with Gasteiger partial charge in [0.2, 0.25) is 6.29 Å². The third-order valence-corrected chi connectivity index (χ3v) is 6.74. The van der Waals surface area contributed by atoms with Crippen LogP contribution in [0.25, 0.3) is 0 Å². The van der Waals surface area contributed by atoms with Crippen LogP contribution in [0.15, 0.2) is 18.2 Å². The topological polar surface area (TPSA) is 192 Å². The van der Waals surface area contributed by atoms with Crippen LogP contribution in [0.4, 0.5) is 4.79 Å². The van der Waals surface area contributed by atoms with Crippen LogP contribution in [0.1, 0.15) is 38.8 Å². The maximum absolute atomic E-state index is 12.7. The van der Waals surface area contributed by atoms with Gasteiger partial charge < -0.3 is 44.9 Å². The Kier molecular flexibility index (Phi) is 11.9. The number of aliphatic carboxylic acids is 1. The van der Waals surface area contributed by atoms with E-state index in [0.29, 0.717) is 24.2 Å². The molecule has 13 nitrogen and oxygen atoms in total. The summed E-state index contributed by atoms with van der Waals surface area (Å²) in [5.74, 6) is -1.40. The van der Waals surface area contributed by atoms with Crippen LogP contribution in [0, 0.1) is 5.92 Å². The zero-order valence-electron chi connectivity index (χ0n) is 22.8. The van der Waals surface area contributed by atoms with Gasteiger partial charge in [-0.25, -0.2) is 18.0 Å². The summed E-state index contributed by atoms with van der Waals surface area (Å²) in [6, 6.07) is 4.90. The standard InChI is InChI=1S/C25H40N2O11S/c1-14(2)12-27(8-9-39(5,34)35)25(33)36-13-16-6-7-18(17(10-16)11-26-15(3)4)37-24-21(30)19(28)20(29)22(38-24)23(31)32/h6-7,10,14-15,19-22,24,26,28-30H,8-9,11-13H2,1-5H3,(H,31,32). The zero-order valence-corrected chi connectivity index (χ0v) is 23.6. The second-order valence-corrected chi connectivity index (χ2v) is 12.6. The van der Waals surface area contributed by atoms with Gasteiger partial charge >= 0.3 is 12.1 Å². The van der Waals surface area contributed by atoms with Crippen molar-refractivity contribution in [1.82, 2.24) is 10.2 Å². The van der Waals surface area contributed by atoms with Crippen LogP contribution in [0.5, 0.6) is 5.75 Å². The van der Waals surface area contributed by atoms with Crippen LogP contribution in [0.2, 0.25) is 0 Å². The highest BCUT2D eigenvalue weighted by Gasteiger charge is 2.48. The predicted octanol–water partition coefficient (Wildman–Crippen LogP) is 0.0948. The summed E-state index contributed by atoms with van der Waals surface area (Å²) in [6.45, 7) is 8.16. The van der Waals surface area contributed by atoms with Crippen molar-refractivity contribution < 1.29 is 52.6 Å². The van der Waals surface area contributed by atoms with Gasteiger partial charge in [0.15, 0.2) is 6.10 Å². The molecule has 222 valence electrons. The van der Waals surface area contributed by atoms with E-state index < -0.39 is 52.6 Å². The summed E-state index contributed by atoms with van der Waals surface area (Å²) in [4.78, 5) is 25.5. The fourth-order valence-corrected chi connectivity index (χ4v) is 4.33. The highest BCUT2D eigenvalue weighted by Crippen LogP contribution is 2.28. The number of nitrogens with one attached hydrogen (secondary N) is 1. The Balaban J connectivity index is 2.20. The molecule has 0 spiro atoms. The molecule has 0 radical (unpaired) electrons. The third-order valence-electron chi connectivity index (χ3n) is 5.82. The van der Waals surface area contributed by atoms with E-state index in [4.69, 9.17) is 14.2 Å². The van der Waals surface area contributed by atoms with Crippen molar-refractivity contribution in [2.45, 2.75) is 77.6 Å². The van der Waals surface area contributed by atoms with Gasteiger partial charge in [-0.15, -0.1) is 0 Å². The summed E-state index contributed by atoms with van der Waals surface area (Å²) in [5, 5.41) is 42.8. The molecule has 14 heteroatoms. The van der Waals surface area contributed by atoms with Crippen molar-refractivity contribution in [1.29, 1.82) is 0 Å². The number of carbonyl (C=O) groups excluding carboxylic acids is 1. The number of aliphatic hydroxyl groups excluding tert-OH is 3. The molecular formula is C25H40N2O11S. The van der Waals surface area contributed by atoms with Gasteiger partial charge in [0.05, 0.1) is 5.75 Å². The first-order valence-electron chi connectivity index (χ1n) is 12.6. The van der Waals surface area contributed by atoms with E-state index in [-0.39, 0.29) is 36.6 Å². The predicted molar refractivity (Wildman–Crippen MR) is 140 cm³/mol. The fraction of sp³-hybridized carbons (Fsp3) is 0.680. The van der Waals surface area contributed by atoms with Crippen LogP contribution in [0.3, 0.4) is 0 Å². The molecule has 1 saturated heterocycles. The summed E-state index contributed by atoms with van der Waals surface area (Å²) in [7, 11) is -3.27. The van der Waals surface area contributed by atoms with E-state index in [9.17, 15) is 38.4 Å². The lowest BCUT2D eigenvalue weighted by molar-refractivity contribution is -0.271. The molecule has 1 aromatic rings. The Bertz CT molecular complexity index is 1080. The number of amides is 1. The van der Waals surface area contributed by atoms with Gasteiger partial charge in [0, 0.05) is 37.5 Å². The van der Waals surface area contributed by atoms with Gasteiger partial charge in [-0.3, -0.25) is 0 Å². The highest BCUT2D eigenvalue weighted by atomic mass is 32.2. The van der Waals surface area contributed by atoms with Gasteiger partial charge in [0.1, 0.15) is 40.5 Å². The molecule has 5 atom stereocenters. The molecule has 5 unspecified atom stereocenters. The number of hydrogen-bond donors (Lipinski definition) is 5. The Morgan fingerprint density at radius 3 is 2.33 bits per heavy atom. The molecule has 1 heterocycles. The Labute approximate surface area is 228 Å². The first kappa shape index (κ1) is 32.7. The van der Waals surface area contributed by atoms with Crippen LogP contribution in [-0.2, 0) is 37.3 Å². The molecule has 0 bridgehead atoms. The van der Waals surface area contributed by atoms with E-state index in [1.807, 2.05) is 27.7 Å². The van der Waals surface area contributed by atoms with Crippen molar-refractivity contribution in [2.24, 2.45) is 5.92 Å². The first-order valence-corrected chi connectivity index (χ1v) is 14.7. The van der Waals surface area contributed by atoms with Crippen molar-refractivity contribution in [2.75, 3.05) is 25.1 Å². The monoisotopic (exact) mass is 576 g/mol. The van der Waals surface area contributed by atoms with Gasteiger partial charge in [-0.1, -0.05) is 33.8 Å². The number of hydrogen-bond acceptors (Lipinski definition) is 11. The van der Waals surface area contributed by atoms with Crippen LogP contribution >= 0.6 is 0 Å². The summed E-state index contributed by atoms with van der Waals surface area (Å²) >= 11 is 0. The Morgan fingerprint density at radius 2 is 1.77 bits per heavy atom. The minimum Gasteiger partial charge on any atom is -0.479 e. The number of rotatable bonds is 13. The molecule has 0 saturated carbocycles. The third kappa shape index (κ3) is 10.2.